The molecule has 2 aliphatic heterocycles. The molecule has 3 aromatic rings. The van der Waals surface area contributed by atoms with Gasteiger partial charge in [0.25, 0.3) is 0 Å². The number of ether oxygens (including phenoxy) is 4. The number of anilines is 2. The average molecular weight is 449 g/mol. The first-order valence-electron chi connectivity index (χ1n) is 11.1. The number of morpholine rings is 1. The van der Waals surface area contributed by atoms with Crippen molar-refractivity contribution in [1.29, 1.82) is 0 Å². The standard InChI is InChI=1S/C25H28N4O4/c1-17-4-3-5-25(27-17)28-19-6-7-20(26-14-19)24-16-29(8-9-31-24)15-18-12-22-23(13-21(18)30-2)33-11-10-32-22/h3-7,12-14,24H,8-11,15-16H2,1-2H3,(H,27,28)/t24-/m1/s1. The predicted octanol–water partition coefficient (Wildman–Crippen LogP) is 3.88. The van der Waals surface area contributed by atoms with E-state index in [2.05, 4.69) is 20.2 Å². The maximum atomic E-state index is 6.04. The van der Waals surface area contributed by atoms with Crippen molar-refractivity contribution < 1.29 is 18.9 Å². The van der Waals surface area contributed by atoms with Crippen molar-refractivity contribution in [3.05, 3.63) is 65.6 Å². The lowest BCUT2D eigenvalue weighted by Gasteiger charge is -2.33. The van der Waals surface area contributed by atoms with Gasteiger partial charge in [0, 0.05) is 37.0 Å². The Balaban J connectivity index is 1.25. The molecule has 2 aromatic heterocycles. The predicted molar refractivity (Wildman–Crippen MR) is 124 cm³/mol. The summed E-state index contributed by atoms with van der Waals surface area (Å²) in [6.45, 7) is 6.06. The van der Waals surface area contributed by atoms with Crippen LogP contribution in [0.3, 0.4) is 0 Å². The fourth-order valence-electron chi connectivity index (χ4n) is 4.12. The lowest BCUT2D eigenvalue weighted by molar-refractivity contribution is -0.0351. The van der Waals surface area contributed by atoms with Crippen molar-refractivity contribution in [1.82, 2.24) is 14.9 Å². The molecule has 8 nitrogen and oxygen atoms in total. The SMILES string of the molecule is COc1cc2c(cc1CN1CCO[C@@H](c3ccc(Nc4cccc(C)n4)cn3)C1)OCCO2. The van der Waals surface area contributed by atoms with Crippen LogP contribution in [0.25, 0.3) is 0 Å². The summed E-state index contributed by atoms with van der Waals surface area (Å²) in [7, 11) is 1.68. The second kappa shape index (κ2) is 9.64. The number of hydrogen-bond acceptors (Lipinski definition) is 8. The molecule has 5 rings (SSSR count). The summed E-state index contributed by atoms with van der Waals surface area (Å²) in [5.41, 5.74) is 3.85. The molecule has 0 unspecified atom stereocenters. The van der Waals surface area contributed by atoms with Crippen molar-refractivity contribution >= 4 is 11.5 Å². The molecule has 0 bridgehead atoms. The lowest BCUT2D eigenvalue weighted by atomic mass is 10.1. The molecule has 0 aliphatic carbocycles. The van der Waals surface area contributed by atoms with Gasteiger partial charge in [-0.1, -0.05) is 6.07 Å². The second-order valence-electron chi connectivity index (χ2n) is 8.16. The highest BCUT2D eigenvalue weighted by Gasteiger charge is 2.25. The van der Waals surface area contributed by atoms with Crippen LogP contribution in [-0.4, -0.2) is 54.9 Å². The minimum absolute atomic E-state index is 0.0897. The van der Waals surface area contributed by atoms with Crippen molar-refractivity contribution in [3.8, 4) is 17.2 Å². The highest BCUT2D eigenvalue weighted by molar-refractivity contribution is 5.55. The quantitative estimate of drug-likeness (QED) is 0.609. The van der Waals surface area contributed by atoms with E-state index < -0.39 is 0 Å². The Kier molecular flexibility index (Phi) is 6.28. The molecule has 1 N–H and O–H groups in total. The number of methoxy groups -OCH3 is 1. The van der Waals surface area contributed by atoms with Gasteiger partial charge in [-0.25, -0.2) is 4.98 Å². The minimum Gasteiger partial charge on any atom is -0.496 e. The molecule has 172 valence electrons. The van der Waals surface area contributed by atoms with E-state index in [9.17, 15) is 0 Å². The number of rotatable bonds is 6. The highest BCUT2D eigenvalue weighted by Crippen LogP contribution is 2.37. The zero-order valence-electron chi connectivity index (χ0n) is 18.9. The van der Waals surface area contributed by atoms with Crippen LogP contribution in [0.15, 0.2) is 48.7 Å². The van der Waals surface area contributed by atoms with Crippen molar-refractivity contribution in [2.75, 3.05) is 45.3 Å². The molecule has 1 aromatic carbocycles. The van der Waals surface area contributed by atoms with Crippen LogP contribution < -0.4 is 19.5 Å². The first-order chi connectivity index (χ1) is 16.2. The van der Waals surface area contributed by atoms with Gasteiger partial charge in [-0.05, 0) is 37.3 Å². The van der Waals surface area contributed by atoms with E-state index in [0.717, 1.165) is 65.3 Å². The number of fused-ring (bicyclic) bond motifs is 1. The number of pyridine rings is 2. The Hall–Kier alpha value is -3.36. The number of nitrogens with one attached hydrogen (secondary N) is 1. The maximum absolute atomic E-state index is 6.04. The zero-order chi connectivity index (χ0) is 22.6. The molecule has 4 heterocycles. The summed E-state index contributed by atoms with van der Waals surface area (Å²) >= 11 is 0. The zero-order valence-corrected chi connectivity index (χ0v) is 18.9. The van der Waals surface area contributed by atoms with Gasteiger partial charge in [0.15, 0.2) is 11.5 Å². The third-order valence-corrected chi connectivity index (χ3v) is 5.77. The molecule has 0 amide bonds. The Morgan fingerprint density at radius 3 is 2.70 bits per heavy atom. The number of hydrogen-bond donors (Lipinski definition) is 1. The number of aryl methyl sites for hydroxylation is 1. The molecular weight excluding hydrogens is 420 g/mol. The van der Waals surface area contributed by atoms with Crippen LogP contribution in [0.1, 0.15) is 23.1 Å². The van der Waals surface area contributed by atoms with Crippen LogP contribution >= 0.6 is 0 Å². The number of nitrogens with zero attached hydrogens (tertiary/aromatic N) is 3. The van der Waals surface area contributed by atoms with Gasteiger partial charge in [-0.15, -0.1) is 0 Å². The normalized spacial score (nSPS) is 18.1. The van der Waals surface area contributed by atoms with Gasteiger partial charge >= 0.3 is 0 Å². The highest BCUT2D eigenvalue weighted by atomic mass is 16.6. The van der Waals surface area contributed by atoms with Crippen molar-refractivity contribution in [2.45, 2.75) is 19.6 Å². The molecule has 2 aliphatic rings. The Morgan fingerprint density at radius 2 is 1.94 bits per heavy atom. The van der Waals surface area contributed by atoms with E-state index in [4.69, 9.17) is 18.9 Å². The smallest absolute Gasteiger partial charge is 0.165 e. The molecule has 1 atom stereocenters. The van der Waals surface area contributed by atoms with Crippen molar-refractivity contribution in [3.63, 3.8) is 0 Å². The first-order valence-corrected chi connectivity index (χ1v) is 11.1. The van der Waals surface area contributed by atoms with Gasteiger partial charge < -0.3 is 24.3 Å². The van der Waals surface area contributed by atoms with Gasteiger partial charge in [0.1, 0.15) is 30.9 Å². The first kappa shape index (κ1) is 21.5. The van der Waals surface area contributed by atoms with Crippen LogP contribution in [0, 0.1) is 6.92 Å². The number of aromatic nitrogens is 2. The lowest BCUT2D eigenvalue weighted by Crippen LogP contribution is -2.38. The molecule has 8 heteroatoms. The van der Waals surface area contributed by atoms with Gasteiger partial charge in [0.05, 0.1) is 31.3 Å². The third-order valence-electron chi connectivity index (χ3n) is 5.77. The van der Waals surface area contributed by atoms with E-state index in [1.54, 1.807) is 7.11 Å². The Bertz CT molecular complexity index is 1110. The summed E-state index contributed by atoms with van der Waals surface area (Å²) in [6, 6.07) is 13.9. The Morgan fingerprint density at radius 1 is 1.09 bits per heavy atom. The summed E-state index contributed by atoms with van der Waals surface area (Å²) < 4.78 is 23.1. The molecule has 0 spiro atoms. The van der Waals surface area contributed by atoms with E-state index in [1.165, 1.54) is 0 Å². The minimum atomic E-state index is -0.0897. The summed E-state index contributed by atoms with van der Waals surface area (Å²) in [5.74, 6) is 3.12. The van der Waals surface area contributed by atoms with Gasteiger partial charge in [-0.3, -0.25) is 9.88 Å². The number of benzene rings is 1. The Labute approximate surface area is 193 Å². The molecule has 1 fully saturated rings. The van der Waals surface area contributed by atoms with Crippen molar-refractivity contribution in [2.24, 2.45) is 0 Å². The van der Waals surface area contributed by atoms with Crippen LogP contribution in [0.4, 0.5) is 11.5 Å². The molecular formula is C25H28N4O4. The fraction of sp³-hybridized carbons (Fsp3) is 0.360. The van der Waals surface area contributed by atoms with E-state index in [0.29, 0.717) is 19.8 Å². The largest absolute Gasteiger partial charge is 0.496 e. The van der Waals surface area contributed by atoms with E-state index >= 15 is 0 Å². The summed E-state index contributed by atoms with van der Waals surface area (Å²) in [4.78, 5) is 11.5. The third kappa shape index (κ3) is 5.02. The van der Waals surface area contributed by atoms with Gasteiger partial charge in [-0.2, -0.15) is 0 Å². The fourth-order valence-corrected chi connectivity index (χ4v) is 4.12. The second-order valence-corrected chi connectivity index (χ2v) is 8.16. The maximum Gasteiger partial charge on any atom is 0.165 e. The molecule has 1 saturated heterocycles. The molecule has 33 heavy (non-hydrogen) atoms. The van der Waals surface area contributed by atoms with Crippen LogP contribution in [0.2, 0.25) is 0 Å². The summed E-state index contributed by atoms with van der Waals surface area (Å²) in [6.07, 6.45) is 1.74. The van der Waals surface area contributed by atoms with E-state index in [-0.39, 0.29) is 6.10 Å². The topological polar surface area (TPSA) is 78.0 Å². The molecule has 0 saturated carbocycles. The van der Waals surface area contributed by atoms with E-state index in [1.807, 2.05) is 55.6 Å². The summed E-state index contributed by atoms with van der Waals surface area (Å²) in [5, 5.41) is 3.29. The van der Waals surface area contributed by atoms with Gasteiger partial charge in [0.2, 0.25) is 0 Å². The average Bonchev–Trinajstić information content (AvgIpc) is 2.84. The van der Waals surface area contributed by atoms with Crippen LogP contribution in [-0.2, 0) is 11.3 Å². The van der Waals surface area contributed by atoms with Crippen LogP contribution in [0.5, 0.6) is 17.2 Å². The molecule has 0 radical (unpaired) electrons. The monoisotopic (exact) mass is 448 g/mol.